The molecule has 0 radical (unpaired) electrons. The number of hydrogen-bond donors (Lipinski definition) is 1. The first-order valence-electron chi connectivity index (χ1n) is 7.25. The maximum absolute atomic E-state index is 11.9. The van der Waals surface area contributed by atoms with Gasteiger partial charge in [-0.25, -0.2) is 4.98 Å². The third-order valence-electron chi connectivity index (χ3n) is 3.72. The molecule has 1 aliphatic heterocycles. The first-order chi connectivity index (χ1) is 9.20. The monoisotopic (exact) mass is 275 g/mol. The Labute approximate surface area is 121 Å². The van der Waals surface area contributed by atoms with E-state index in [0.717, 1.165) is 24.3 Å². The van der Waals surface area contributed by atoms with E-state index >= 15 is 0 Å². The normalized spacial score (nSPS) is 16.6. The predicted molar refractivity (Wildman–Crippen MR) is 81.6 cm³/mol. The number of carbonyl (C=O) groups is 1. The summed E-state index contributed by atoms with van der Waals surface area (Å²) in [5.74, 6) is 1.11. The van der Waals surface area contributed by atoms with Crippen molar-refractivity contribution < 1.29 is 4.79 Å². The van der Waals surface area contributed by atoms with Crippen LogP contribution in [-0.2, 0) is 10.3 Å². The molecule has 1 aliphatic rings. The van der Waals surface area contributed by atoms with Crippen LogP contribution in [0.5, 0.6) is 0 Å². The van der Waals surface area contributed by atoms with Crippen molar-refractivity contribution in [3.63, 3.8) is 0 Å². The molecule has 0 aromatic carbocycles. The third-order valence-corrected chi connectivity index (χ3v) is 3.72. The van der Waals surface area contributed by atoms with E-state index in [2.05, 4.69) is 51.0 Å². The number of nitrogens with zero attached hydrogens (tertiary/aromatic N) is 2. The number of carbonyl (C=O) groups excluding carboxylic acids is 1. The summed E-state index contributed by atoms with van der Waals surface area (Å²) >= 11 is 0. The van der Waals surface area contributed by atoms with Gasteiger partial charge in [-0.1, -0.05) is 6.07 Å². The number of hydrogen-bond acceptors (Lipinski definition) is 3. The molecule has 1 fully saturated rings. The molecule has 0 atom stereocenters. The van der Waals surface area contributed by atoms with Gasteiger partial charge in [0.1, 0.15) is 5.82 Å². The first-order valence-corrected chi connectivity index (χ1v) is 7.25. The molecule has 2 heterocycles. The number of likely N-dealkylation sites (tertiary alicyclic amines) is 1. The summed E-state index contributed by atoms with van der Waals surface area (Å²) in [7, 11) is 0. The Balaban J connectivity index is 2.18. The maximum atomic E-state index is 11.9. The van der Waals surface area contributed by atoms with Crippen LogP contribution in [0.4, 0.5) is 5.82 Å². The van der Waals surface area contributed by atoms with Crippen LogP contribution >= 0.6 is 0 Å². The van der Waals surface area contributed by atoms with Gasteiger partial charge in [-0.15, -0.1) is 0 Å². The highest BCUT2D eigenvalue weighted by Gasteiger charge is 2.35. The fourth-order valence-electron chi connectivity index (χ4n) is 2.61. The highest BCUT2D eigenvalue weighted by molar-refractivity contribution is 5.79. The first kappa shape index (κ1) is 14.8. The third kappa shape index (κ3) is 3.11. The van der Waals surface area contributed by atoms with Crippen LogP contribution in [-0.4, -0.2) is 27.9 Å². The summed E-state index contributed by atoms with van der Waals surface area (Å²) in [5.41, 5.74) is 0.780. The summed E-state index contributed by atoms with van der Waals surface area (Å²) in [6.07, 6.45) is 3.50. The fourth-order valence-corrected chi connectivity index (χ4v) is 2.61. The van der Waals surface area contributed by atoms with Crippen molar-refractivity contribution in [1.29, 1.82) is 0 Å². The highest BCUT2D eigenvalue weighted by Crippen LogP contribution is 2.31. The molecule has 1 N–H and O–H groups in total. The van der Waals surface area contributed by atoms with Crippen molar-refractivity contribution in [3.8, 4) is 0 Å². The molecular formula is C16H25N3O. The predicted octanol–water partition coefficient (Wildman–Crippen LogP) is 3.15. The molecule has 1 aromatic heterocycles. The van der Waals surface area contributed by atoms with Gasteiger partial charge in [-0.2, -0.15) is 0 Å². The standard InChI is InChI=1S/C16H25N3O/c1-15(2,3)18-13-9-8-12(11-17-13)16(4,5)19-10-6-7-14(19)20/h8-9,11H,6-7,10H2,1-5H3,(H,17,18). The van der Waals surface area contributed by atoms with Crippen LogP contribution in [0, 0.1) is 0 Å². The Morgan fingerprint density at radius 2 is 1.90 bits per heavy atom. The van der Waals surface area contributed by atoms with E-state index in [-0.39, 0.29) is 17.0 Å². The molecule has 0 aliphatic carbocycles. The topological polar surface area (TPSA) is 45.2 Å². The summed E-state index contributed by atoms with van der Waals surface area (Å²) in [6.45, 7) is 11.3. The molecule has 20 heavy (non-hydrogen) atoms. The van der Waals surface area contributed by atoms with E-state index in [0.29, 0.717) is 6.42 Å². The van der Waals surface area contributed by atoms with Gasteiger partial charge in [-0.05, 0) is 52.7 Å². The minimum atomic E-state index is -0.291. The van der Waals surface area contributed by atoms with Crippen LogP contribution in [0.3, 0.4) is 0 Å². The second kappa shape index (κ2) is 5.08. The van der Waals surface area contributed by atoms with Crippen LogP contribution in [0.1, 0.15) is 53.0 Å². The van der Waals surface area contributed by atoms with Crippen LogP contribution < -0.4 is 5.32 Å². The van der Waals surface area contributed by atoms with E-state index in [4.69, 9.17) is 0 Å². The molecule has 0 saturated carbocycles. The number of anilines is 1. The molecule has 0 spiro atoms. The highest BCUT2D eigenvalue weighted by atomic mass is 16.2. The van der Waals surface area contributed by atoms with Gasteiger partial charge in [0, 0.05) is 24.7 Å². The van der Waals surface area contributed by atoms with E-state index < -0.39 is 0 Å². The van der Waals surface area contributed by atoms with Gasteiger partial charge in [0.2, 0.25) is 5.91 Å². The van der Waals surface area contributed by atoms with Crippen molar-refractivity contribution in [3.05, 3.63) is 23.9 Å². The second-order valence-electron chi connectivity index (χ2n) is 7.02. The lowest BCUT2D eigenvalue weighted by atomic mass is 9.94. The molecule has 1 aromatic rings. The molecule has 1 saturated heterocycles. The molecule has 0 bridgehead atoms. The van der Waals surface area contributed by atoms with E-state index in [9.17, 15) is 4.79 Å². The maximum Gasteiger partial charge on any atom is 0.223 e. The molecule has 2 rings (SSSR count). The summed E-state index contributed by atoms with van der Waals surface area (Å²) in [4.78, 5) is 18.4. The average molecular weight is 275 g/mol. The second-order valence-corrected chi connectivity index (χ2v) is 7.02. The van der Waals surface area contributed by atoms with Crippen LogP contribution in [0.2, 0.25) is 0 Å². The van der Waals surface area contributed by atoms with Gasteiger partial charge in [0.15, 0.2) is 0 Å². The van der Waals surface area contributed by atoms with Gasteiger partial charge in [0.05, 0.1) is 5.54 Å². The summed E-state index contributed by atoms with van der Waals surface area (Å²) in [5, 5.41) is 3.35. The van der Waals surface area contributed by atoms with Crippen LogP contribution in [0.15, 0.2) is 18.3 Å². The average Bonchev–Trinajstić information content (AvgIpc) is 2.74. The summed E-state index contributed by atoms with van der Waals surface area (Å²) < 4.78 is 0. The Hall–Kier alpha value is -1.58. The molecule has 4 nitrogen and oxygen atoms in total. The van der Waals surface area contributed by atoms with Crippen molar-refractivity contribution in [2.45, 2.75) is 58.5 Å². The largest absolute Gasteiger partial charge is 0.365 e. The zero-order chi connectivity index (χ0) is 15.0. The van der Waals surface area contributed by atoms with E-state index in [1.54, 1.807) is 0 Å². The number of pyridine rings is 1. The number of amides is 1. The fraction of sp³-hybridized carbons (Fsp3) is 0.625. The van der Waals surface area contributed by atoms with Crippen LogP contribution in [0.25, 0.3) is 0 Å². The van der Waals surface area contributed by atoms with Crippen molar-refractivity contribution in [1.82, 2.24) is 9.88 Å². The summed E-state index contributed by atoms with van der Waals surface area (Å²) in [6, 6.07) is 4.05. The molecule has 4 heteroatoms. The number of nitrogens with one attached hydrogen (secondary N) is 1. The molecular weight excluding hydrogens is 250 g/mol. The Morgan fingerprint density at radius 1 is 1.20 bits per heavy atom. The van der Waals surface area contributed by atoms with Gasteiger partial charge >= 0.3 is 0 Å². The minimum Gasteiger partial charge on any atom is -0.365 e. The lowest BCUT2D eigenvalue weighted by molar-refractivity contribution is -0.132. The van der Waals surface area contributed by atoms with E-state index in [1.165, 1.54) is 0 Å². The van der Waals surface area contributed by atoms with Gasteiger partial charge in [-0.3, -0.25) is 4.79 Å². The van der Waals surface area contributed by atoms with Gasteiger partial charge in [0.25, 0.3) is 0 Å². The van der Waals surface area contributed by atoms with Gasteiger partial charge < -0.3 is 10.2 Å². The lowest BCUT2D eigenvalue weighted by Crippen LogP contribution is -2.42. The SMILES string of the molecule is CC(C)(C)Nc1ccc(C(C)(C)N2CCCC2=O)cn1. The molecule has 110 valence electrons. The number of rotatable bonds is 3. The molecule has 0 unspecified atom stereocenters. The molecule has 1 amide bonds. The van der Waals surface area contributed by atoms with Crippen molar-refractivity contribution in [2.75, 3.05) is 11.9 Å². The Kier molecular flexibility index (Phi) is 3.76. The van der Waals surface area contributed by atoms with E-state index in [1.807, 2.05) is 17.2 Å². The Bertz CT molecular complexity index is 485. The zero-order valence-corrected chi connectivity index (χ0v) is 13.2. The van der Waals surface area contributed by atoms with Crippen molar-refractivity contribution >= 4 is 11.7 Å². The smallest absolute Gasteiger partial charge is 0.223 e. The lowest BCUT2D eigenvalue weighted by Gasteiger charge is -2.36. The quantitative estimate of drug-likeness (QED) is 0.921. The Morgan fingerprint density at radius 3 is 2.35 bits per heavy atom. The minimum absolute atomic E-state index is 0.00501. The van der Waals surface area contributed by atoms with Crippen molar-refractivity contribution in [2.24, 2.45) is 0 Å². The number of aromatic nitrogens is 1. The zero-order valence-electron chi connectivity index (χ0n) is 13.2.